The van der Waals surface area contributed by atoms with Crippen molar-refractivity contribution in [1.29, 1.82) is 0 Å². The third kappa shape index (κ3) is 3.93. The first-order valence-electron chi connectivity index (χ1n) is 7.02. The molecule has 0 heterocycles. The van der Waals surface area contributed by atoms with E-state index in [0.29, 0.717) is 11.8 Å². The predicted octanol–water partition coefficient (Wildman–Crippen LogP) is 4.23. The van der Waals surface area contributed by atoms with Crippen LogP contribution in [0.4, 0.5) is 0 Å². The van der Waals surface area contributed by atoms with Gasteiger partial charge in [0.15, 0.2) is 0 Å². The molecule has 0 aliphatic rings. The highest BCUT2D eigenvalue weighted by Crippen LogP contribution is 2.30. The van der Waals surface area contributed by atoms with Gasteiger partial charge in [0.25, 0.3) is 0 Å². The SMILES string of the molecule is CC(CO)CCC(c1ccccc1)c1ccccc1. The molecule has 0 amide bonds. The van der Waals surface area contributed by atoms with E-state index in [0.717, 1.165) is 12.8 Å². The zero-order chi connectivity index (χ0) is 13.5. The molecule has 1 N–H and O–H groups in total. The Morgan fingerprint density at radius 2 is 1.26 bits per heavy atom. The quantitative estimate of drug-likeness (QED) is 0.818. The molecule has 0 aliphatic carbocycles. The van der Waals surface area contributed by atoms with E-state index >= 15 is 0 Å². The number of benzene rings is 2. The van der Waals surface area contributed by atoms with Gasteiger partial charge in [0, 0.05) is 12.5 Å². The Morgan fingerprint density at radius 1 is 0.789 bits per heavy atom. The normalized spacial score (nSPS) is 12.6. The highest BCUT2D eigenvalue weighted by atomic mass is 16.3. The van der Waals surface area contributed by atoms with Gasteiger partial charge in [-0.15, -0.1) is 0 Å². The Kier molecular flexibility index (Phi) is 5.17. The van der Waals surface area contributed by atoms with Crippen molar-refractivity contribution in [3.8, 4) is 0 Å². The Labute approximate surface area is 115 Å². The van der Waals surface area contributed by atoms with Crippen molar-refractivity contribution >= 4 is 0 Å². The minimum atomic E-state index is 0.274. The smallest absolute Gasteiger partial charge is 0.0456 e. The number of rotatable bonds is 6. The highest BCUT2D eigenvalue weighted by Gasteiger charge is 2.14. The van der Waals surface area contributed by atoms with Gasteiger partial charge in [-0.1, -0.05) is 67.6 Å². The minimum absolute atomic E-state index is 0.274. The van der Waals surface area contributed by atoms with E-state index in [9.17, 15) is 5.11 Å². The topological polar surface area (TPSA) is 20.2 Å². The Morgan fingerprint density at radius 3 is 1.68 bits per heavy atom. The number of hydrogen-bond acceptors (Lipinski definition) is 1. The van der Waals surface area contributed by atoms with Crippen LogP contribution in [0.15, 0.2) is 60.7 Å². The van der Waals surface area contributed by atoms with Gasteiger partial charge in [0.2, 0.25) is 0 Å². The second kappa shape index (κ2) is 7.10. The van der Waals surface area contributed by atoms with Gasteiger partial charge >= 0.3 is 0 Å². The fourth-order valence-corrected chi connectivity index (χ4v) is 2.44. The van der Waals surface area contributed by atoms with Gasteiger partial charge in [0.05, 0.1) is 0 Å². The summed E-state index contributed by atoms with van der Waals surface area (Å²) in [6.45, 7) is 2.38. The maximum absolute atomic E-state index is 9.19. The fourth-order valence-electron chi connectivity index (χ4n) is 2.44. The fraction of sp³-hybridized carbons (Fsp3) is 0.333. The van der Waals surface area contributed by atoms with Crippen LogP contribution in [-0.2, 0) is 0 Å². The summed E-state index contributed by atoms with van der Waals surface area (Å²) in [4.78, 5) is 0. The van der Waals surface area contributed by atoms with Crippen molar-refractivity contribution in [2.24, 2.45) is 5.92 Å². The molecular formula is C18H22O. The third-order valence-corrected chi connectivity index (χ3v) is 3.66. The van der Waals surface area contributed by atoms with Crippen molar-refractivity contribution in [2.45, 2.75) is 25.7 Å². The maximum atomic E-state index is 9.19. The molecular weight excluding hydrogens is 232 g/mol. The zero-order valence-electron chi connectivity index (χ0n) is 11.5. The van der Waals surface area contributed by atoms with Gasteiger partial charge < -0.3 is 5.11 Å². The second-order valence-corrected chi connectivity index (χ2v) is 5.24. The summed E-state index contributed by atoms with van der Waals surface area (Å²) >= 11 is 0. The van der Waals surface area contributed by atoms with E-state index in [1.807, 2.05) is 0 Å². The summed E-state index contributed by atoms with van der Waals surface area (Å²) < 4.78 is 0. The van der Waals surface area contributed by atoms with Crippen LogP contribution in [0.1, 0.15) is 36.8 Å². The summed E-state index contributed by atoms with van der Waals surface area (Å²) in [5.41, 5.74) is 2.72. The lowest BCUT2D eigenvalue weighted by molar-refractivity contribution is 0.227. The first-order valence-corrected chi connectivity index (χ1v) is 7.02. The molecule has 100 valence electrons. The molecule has 0 saturated heterocycles. The van der Waals surface area contributed by atoms with Crippen LogP contribution in [0.5, 0.6) is 0 Å². The van der Waals surface area contributed by atoms with E-state index in [1.54, 1.807) is 0 Å². The molecule has 0 spiro atoms. The van der Waals surface area contributed by atoms with Gasteiger partial charge in [-0.3, -0.25) is 0 Å². The predicted molar refractivity (Wildman–Crippen MR) is 80.2 cm³/mol. The van der Waals surface area contributed by atoms with Gasteiger partial charge in [-0.25, -0.2) is 0 Å². The number of hydrogen-bond donors (Lipinski definition) is 1. The van der Waals surface area contributed by atoms with Crippen LogP contribution < -0.4 is 0 Å². The molecule has 1 nitrogen and oxygen atoms in total. The van der Waals surface area contributed by atoms with Crippen LogP contribution >= 0.6 is 0 Å². The molecule has 1 heteroatoms. The number of aliphatic hydroxyl groups excluding tert-OH is 1. The van der Waals surface area contributed by atoms with Crippen molar-refractivity contribution in [2.75, 3.05) is 6.61 Å². The molecule has 0 aliphatic heterocycles. The Hall–Kier alpha value is -1.60. The summed E-state index contributed by atoms with van der Waals surface area (Å²) in [6, 6.07) is 21.3. The molecule has 0 radical (unpaired) electrons. The van der Waals surface area contributed by atoms with Gasteiger partial charge in [-0.05, 0) is 29.9 Å². The summed E-state index contributed by atoms with van der Waals surface area (Å²) in [5, 5.41) is 9.19. The van der Waals surface area contributed by atoms with Crippen LogP contribution in [0, 0.1) is 5.92 Å². The van der Waals surface area contributed by atoms with Crippen LogP contribution in [0.25, 0.3) is 0 Å². The van der Waals surface area contributed by atoms with Crippen molar-refractivity contribution in [1.82, 2.24) is 0 Å². The molecule has 19 heavy (non-hydrogen) atoms. The lowest BCUT2D eigenvalue weighted by Gasteiger charge is -2.19. The van der Waals surface area contributed by atoms with Crippen LogP contribution in [-0.4, -0.2) is 11.7 Å². The monoisotopic (exact) mass is 254 g/mol. The molecule has 0 bridgehead atoms. The maximum Gasteiger partial charge on any atom is 0.0456 e. The van der Waals surface area contributed by atoms with Crippen LogP contribution in [0.3, 0.4) is 0 Å². The molecule has 0 aromatic heterocycles. The van der Waals surface area contributed by atoms with E-state index in [4.69, 9.17) is 0 Å². The molecule has 2 rings (SSSR count). The Bertz CT molecular complexity index is 424. The number of aliphatic hydroxyl groups is 1. The standard InChI is InChI=1S/C18H22O/c1-15(14-19)12-13-18(16-8-4-2-5-9-16)17-10-6-3-7-11-17/h2-11,15,18-19H,12-14H2,1H3. The first kappa shape index (κ1) is 13.8. The third-order valence-electron chi connectivity index (χ3n) is 3.66. The lowest BCUT2D eigenvalue weighted by Crippen LogP contribution is -2.06. The van der Waals surface area contributed by atoms with Gasteiger partial charge in [-0.2, -0.15) is 0 Å². The van der Waals surface area contributed by atoms with Crippen molar-refractivity contribution in [3.05, 3.63) is 71.8 Å². The summed E-state index contributed by atoms with van der Waals surface area (Å²) in [7, 11) is 0. The van der Waals surface area contributed by atoms with Crippen molar-refractivity contribution < 1.29 is 5.11 Å². The van der Waals surface area contributed by atoms with E-state index in [1.165, 1.54) is 11.1 Å². The second-order valence-electron chi connectivity index (χ2n) is 5.24. The van der Waals surface area contributed by atoms with E-state index in [-0.39, 0.29) is 6.61 Å². The lowest BCUT2D eigenvalue weighted by atomic mass is 9.85. The summed E-state index contributed by atoms with van der Waals surface area (Å²) in [6.07, 6.45) is 2.13. The first-order chi connectivity index (χ1) is 9.31. The van der Waals surface area contributed by atoms with E-state index < -0.39 is 0 Å². The average Bonchev–Trinajstić information content (AvgIpc) is 2.49. The average molecular weight is 254 g/mol. The van der Waals surface area contributed by atoms with E-state index in [2.05, 4.69) is 67.6 Å². The van der Waals surface area contributed by atoms with Gasteiger partial charge in [0.1, 0.15) is 0 Å². The largest absolute Gasteiger partial charge is 0.396 e. The molecule has 2 aromatic rings. The zero-order valence-corrected chi connectivity index (χ0v) is 11.5. The molecule has 1 unspecified atom stereocenters. The summed E-state index contributed by atoms with van der Waals surface area (Å²) in [5.74, 6) is 0.798. The van der Waals surface area contributed by atoms with Crippen molar-refractivity contribution in [3.63, 3.8) is 0 Å². The minimum Gasteiger partial charge on any atom is -0.396 e. The molecule has 0 saturated carbocycles. The van der Waals surface area contributed by atoms with Crippen LogP contribution in [0.2, 0.25) is 0 Å². The Balaban J connectivity index is 2.19. The highest BCUT2D eigenvalue weighted by molar-refractivity contribution is 5.32. The molecule has 1 atom stereocenters. The molecule has 2 aromatic carbocycles. The molecule has 0 fully saturated rings.